The first-order valence-corrected chi connectivity index (χ1v) is 8.89. The molecule has 0 saturated heterocycles. The Morgan fingerprint density at radius 3 is 2.69 bits per heavy atom. The summed E-state index contributed by atoms with van der Waals surface area (Å²) in [5, 5.41) is 4.18. The first-order chi connectivity index (χ1) is 12.5. The molecule has 2 aromatic heterocycles. The van der Waals surface area contributed by atoms with Crippen molar-refractivity contribution in [1.82, 2.24) is 19.9 Å². The smallest absolute Gasteiger partial charge is 0.251 e. The maximum Gasteiger partial charge on any atom is 0.251 e. The first-order valence-electron chi connectivity index (χ1n) is 8.89. The van der Waals surface area contributed by atoms with Crippen molar-refractivity contribution in [3.05, 3.63) is 66.1 Å². The number of fused-ring (bicyclic) bond motifs is 2. The van der Waals surface area contributed by atoms with Crippen LogP contribution in [0.5, 0.6) is 0 Å². The molecule has 132 valence electrons. The highest BCUT2D eigenvalue weighted by atomic mass is 16.1. The highest BCUT2D eigenvalue weighted by molar-refractivity contribution is 5.98. The minimum atomic E-state index is -0.206. The monoisotopic (exact) mass is 346 g/mol. The van der Waals surface area contributed by atoms with Gasteiger partial charge in [0.25, 0.3) is 5.91 Å². The Bertz CT molecular complexity index is 1060. The van der Waals surface area contributed by atoms with Gasteiger partial charge in [-0.2, -0.15) is 0 Å². The molecule has 4 aromatic rings. The van der Waals surface area contributed by atoms with Crippen molar-refractivity contribution >= 4 is 27.8 Å². The third-order valence-electron chi connectivity index (χ3n) is 4.71. The van der Waals surface area contributed by atoms with E-state index in [0.717, 1.165) is 27.8 Å². The number of imidazole rings is 1. The van der Waals surface area contributed by atoms with E-state index in [1.165, 1.54) is 0 Å². The van der Waals surface area contributed by atoms with E-state index in [-0.39, 0.29) is 11.9 Å². The standard InChI is InChI=1S/C21H22N4O/c1-13(2)25-11-10-15-8-9-16(12-19(15)25)21(26)22-14(3)20-23-17-6-4-5-7-18(17)24-20/h4-14H,1-3H3,(H,22,26)(H,23,24)/t14-/m0/s1. The molecule has 2 heterocycles. The normalized spacial score (nSPS) is 12.8. The summed E-state index contributed by atoms with van der Waals surface area (Å²) in [5.41, 5.74) is 3.60. The molecule has 2 N–H and O–H groups in total. The van der Waals surface area contributed by atoms with Crippen molar-refractivity contribution in [2.45, 2.75) is 32.9 Å². The fourth-order valence-electron chi connectivity index (χ4n) is 3.27. The van der Waals surface area contributed by atoms with E-state index in [0.29, 0.717) is 11.6 Å². The summed E-state index contributed by atoms with van der Waals surface area (Å²) in [4.78, 5) is 20.6. The molecule has 2 aromatic carbocycles. The number of H-pyrrole nitrogens is 1. The van der Waals surface area contributed by atoms with Crippen LogP contribution in [0, 0.1) is 0 Å². The van der Waals surface area contributed by atoms with Gasteiger partial charge in [-0.25, -0.2) is 4.98 Å². The highest BCUT2D eigenvalue weighted by Gasteiger charge is 2.16. The van der Waals surface area contributed by atoms with Crippen molar-refractivity contribution in [3.63, 3.8) is 0 Å². The van der Waals surface area contributed by atoms with Crippen LogP contribution in [-0.4, -0.2) is 20.4 Å². The molecule has 1 atom stereocenters. The van der Waals surface area contributed by atoms with Crippen molar-refractivity contribution < 1.29 is 4.79 Å². The quantitative estimate of drug-likeness (QED) is 0.568. The van der Waals surface area contributed by atoms with Crippen LogP contribution in [0.15, 0.2) is 54.7 Å². The predicted molar refractivity (Wildman–Crippen MR) is 104 cm³/mol. The summed E-state index contributed by atoms with van der Waals surface area (Å²) in [6.07, 6.45) is 2.06. The summed E-state index contributed by atoms with van der Waals surface area (Å²) >= 11 is 0. The molecule has 0 saturated carbocycles. The predicted octanol–water partition coefficient (Wildman–Crippen LogP) is 4.59. The summed E-state index contributed by atoms with van der Waals surface area (Å²) in [6, 6.07) is 15.9. The number of hydrogen-bond donors (Lipinski definition) is 2. The van der Waals surface area contributed by atoms with Gasteiger partial charge < -0.3 is 14.9 Å². The average molecular weight is 346 g/mol. The molecule has 1 amide bonds. The van der Waals surface area contributed by atoms with Crippen LogP contribution in [0.2, 0.25) is 0 Å². The van der Waals surface area contributed by atoms with E-state index in [9.17, 15) is 4.79 Å². The van der Waals surface area contributed by atoms with E-state index in [4.69, 9.17) is 0 Å². The van der Waals surface area contributed by atoms with Crippen LogP contribution in [0.3, 0.4) is 0 Å². The highest BCUT2D eigenvalue weighted by Crippen LogP contribution is 2.22. The van der Waals surface area contributed by atoms with E-state index in [1.54, 1.807) is 0 Å². The maximum atomic E-state index is 12.7. The van der Waals surface area contributed by atoms with Gasteiger partial charge in [0.2, 0.25) is 0 Å². The number of para-hydroxylation sites is 2. The van der Waals surface area contributed by atoms with Gasteiger partial charge in [0.1, 0.15) is 5.82 Å². The topological polar surface area (TPSA) is 62.7 Å². The van der Waals surface area contributed by atoms with Gasteiger partial charge in [-0.3, -0.25) is 4.79 Å². The number of amides is 1. The first kappa shape index (κ1) is 16.4. The lowest BCUT2D eigenvalue weighted by Gasteiger charge is -2.13. The zero-order chi connectivity index (χ0) is 18.3. The molecule has 0 bridgehead atoms. The van der Waals surface area contributed by atoms with E-state index < -0.39 is 0 Å². The molecule has 0 unspecified atom stereocenters. The van der Waals surface area contributed by atoms with Crippen LogP contribution in [-0.2, 0) is 0 Å². The molecule has 26 heavy (non-hydrogen) atoms. The Balaban J connectivity index is 1.59. The Labute approximate surface area is 152 Å². The zero-order valence-electron chi connectivity index (χ0n) is 15.2. The van der Waals surface area contributed by atoms with Gasteiger partial charge in [0.05, 0.1) is 17.1 Å². The lowest BCUT2D eigenvalue weighted by Crippen LogP contribution is -2.27. The van der Waals surface area contributed by atoms with Crippen LogP contribution >= 0.6 is 0 Å². The summed E-state index contributed by atoms with van der Waals surface area (Å²) < 4.78 is 2.18. The van der Waals surface area contributed by atoms with Crippen LogP contribution in [0.4, 0.5) is 0 Å². The lowest BCUT2D eigenvalue weighted by molar-refractivity contribution is 0.0938. The van der Waals surface area contributed by atoms with Crippen LogP contribution in [0.25, 0.3) is 21.9 Å². The zero-order valence-corrected chi connectivity index (χ0v) is 15.2. The van der Waals surface area contributed by atoms with Gasteiger partial charge in [0.15, 0.2) is 0 Å². The fraction of sp³-hybridized carbons (Fsp3) is 0.238. The molecule has 0 aliphatic rings. The molecule has 0 fully saturated rings. The SMILES string of the molecule is CC(C)n1ccc2ccc(C(=O)N[C@@H](C)c3nc4ccccc4[nH]3)cc21. The number of rotatable bonds is 4. The lowest BCUT2D eigenvalue weighted by atomic mass is 10.1. The molecule has 0 aliphatic heterocycles. The Hall–Kier alpha value is -3.08. The summed E-state index contributed by atoms with van der Waals surface area (Å²) in [6.45, 7) is 6.20. The molecule has 0 radical (unpaired) electrons. The third kappa shape index (κ3) is 2.86. The molecule has 0 aliphatic carbocycles. The van der Waals surface area contributed by atoms with E-state index >= 15 is 0 Å². The van der Waals surface area contributed by atoms with Gasteiger partial charge in [-0.05, 0) is 56.5 Å². The Kier molecular flexibility index (Phi) is 3.99. The Morgan fingerprint density at radius 2 is 1.92 bits per heavy atom. The van der Waals surface area contributed by atoms with E-state index in [1.807, 2.05) is 49.4 Å². The number of hydrogen-bond acceptors (Lipinski definition) is 2. The Morgan fingerprint density at radius 1 is 1.12 bits per heavy atom. The van der Waals surface area contributed by atoms with Crippen molar-refractivity contribution in [2.75, 3.05) is 0 Å². The number of carbonyl (C=O) groups excluding carboxylic acids is 1. The van der Waals surface area contributed by atoms with Crippen LogP contribution in [0.1, 0.15) is 49.0 Å². The number of nitrogens with one attached hydrogen (secondary N) is 2. The largest absolute Gasteiger partial charge is 0.345 e. The minimum Gasteiger partial charge on any atom is -0.345 e. The number of nitrogens with zero attached hydrogens (tertiary/aromatic N) is 2. The fourth-order valence-corrected chi connectivity index (χ4v) is 3.27. The maximum absolute atomic E-state index is 12.7. The summed E-state index contributed by atoms with van der Waals surface area (Å²) in [5.74, 6) is 0.655. The van der Waals surface area contributed by atoms with Crippen molar-refractivity contribution in [1.29, 1.82) is 0 Å². The molecule has 0 spiro atoms. The van der Waals surface area contributed by atoms with Gasteiger partial charge in [0, 0.05) is 23.3 Å². The number of aromatic amines is 1. The summed E-state index contributed by atoms with van der Waals surface area (Å²) in [7, 11) is 0. The van der Waals surface area contributed by atoms with Crippen molar-refractivity contribution in [2.24, 2.45) is 0 Å². The number of benzene rings is 2. The molecular weight excluding hydrogens is 324 g/mol. The third-order valence-corrected chi connectivity index (χ3v) is 4.71. The second kappa shape index (κ2) is 6.33. The minimum absolute atomic E-state index is 0.101. The second-order valence-corrected chi connectivity index (χ2v) is 6.92. The van der Waals surface area contributed by atoms with Crippen LogP contribution < -0.4 is 5.32 Å². The second-order valence-electron chi connectivity index (χ2n) is 6.92. The van der Waals surface area contributed by atoms with E-state index in [2.05, 4.69) is 46.0 Å². The van der Waals surface area contributed by atoms with Gasteiger partial charge in [-0.1, -0.05) is 18.2 Å². The molecule has 4 rings (SSSR count). The number of carbonyl (C=O) groups is 1. The molecule has 5 heteroatoms. The average Bonchev–Trinajstić information content (AvgIpc) is 3.25. The van der Waals surface area contributed by atoms with Gasteiger partial charge in [-0.15, -0.1) is 0 Å². The number of aromatic nitrogens is 3. The van der Waals surface area contributed by atoms with Crippen molar-refractivity contribution in [3.8, 4) is 0 Å². The molecular formula is C21H22N4O. The molecule has 5 nitrogen and oxygen atoms in total. The van der Waals surface area contributed by atoms with Gasteiger partial charge >= 0.3 is 0 Å².